The number of carbonyl (C=O) groups is 3. The highest BCUT2D eigenvalue weighted by atomic mass is 16.2. The van der Waals surface area contributed by atoms with Crippen molar-refractivity contribution in [3.05, 3.63) is 59.9 Å². The van der Waals surface area contributed by atoms with E-state index in [1.807, 2.05) is 0 Å². The Kier molecular flexibility index (Phi) is 4.12. The molecule has 6 heteroatoms. The summed E-state index contributed by atoms with van der Waals surface area (Å²) in [5.41, 5.74) is 1.24. The monoisotopic (exact) mass is 323 g/mol. The molecular weight excluding hydrogens is 306 g/mol. The van der Waals surface area contributed by atoms with Crippen LogP contribution in [0.3, 0.4) is 0 Å². The summed E-state index contributed by atoms with van der Waals surface area (Å²) in [7, 11) is 0. The molecule has 0 radical (unpaired) electrons. The number of rotatable bonds is 4. The lowest BCUT2D eigenvalue weighted by molar-refractivity contribution is -0.121. The van der Waals surface area contributed by atoms with Crippen molar-refractivity contribution in [1.29, 1.82) is 0 Å². The third kappa shape index (κ3) is 2.67. The molecule has 24 heavy (non-hydrogen) atoms. The minimum atomic E-state index is -0.884. The van der Waals surface area contributed by atoms with E-state index in [-0.39, 0.29) is 5.92 Å². The van der Waals surface area contributed by atoms with Gasteiger partial charge in [0.15, 0.2) is 0 Å². The second-order valence-electron chi connectivity index (χ2n) is 5.94. The van der Waals surface area contributed by atoms with Gasteiger partial charge in [-0.3, -0.25) is 24.3 Å². The van der Waals surface area contributed by atoms with Crippen LogP contribution in [0.1, 0.15) is 34.6 Å². The standard InChI is InChI=1S/C18H17N3O3/c1-11(2)15(16(22)20-12-7-9-19-10-8-12)21-17(23)13-5-3-4-6-14(13)18(21)24/h3-11,15H,1-2H3,(H,19,20,22)/t15-/m1/s1. The topological polar surface area (TPSA) is 79.4 Å². The van der Waals surface area contributed by atoms with Crippen LogP contribution < -0.4 is 5.32 Å². The van der Waals surface area contributed by atoms with Crippen molar-refractivity contribution in [2.75, 3.05) is 5.32 Å². The lowest BCUT2D eigenvalue weighted by atomic mass is 10.0. The van der Waals surface area contributed by atoms with Gasteiger partial charge in [-0.2, -0.15) is 0 Å². The maximum absolute atomic E-state index is 12.7. The number of hydrogen-bond donors (Lipinski definition) is 1. The number of nitrogens with zero attached hydrogens (tertiary/aromatic N) is 2. The van der Waals surface area contributed by atoms with Gasteiger partial charge in [0.25, 0.3) is 11.8 Å². The fourth-order valence-corrected chi connectivity index (χ4v) is 2.83. The Balaban J connectivity index is 1.91. The van der Waals surface area contributed by atoms with E-state index in [0.717, 1.165) is 4.90 Å². The molecule has 2 aromatic rings. The van der Waals surface area contributed by atoms with Gasteiger partial charge in [-0.1, -0.05) is 26.0 Å². The molecule has 0 bridgehead atoms. The number of anilines is 1. The minimum absolute atomic E-state index is 0.228. The summed E-state index contributed by atoms with van der Waals surface area (Å²) in [6, 6.07) is 9.03. The summed E-state index contributed by atoms with van der Waals surface area (Å²) in [5.74, 6) is -1.49. The summed E-state index contributed by atoms with van der Waals surface area (Å²) >= 11 is 0. The molecule has 0 unspecified atom stereocenters. The Morgan fingerprint density at radius 3 is 2.04 bits per heavy atom. The van der Waals surface area contributed by atoms with E-state index in [2.05, 4.69) is 10.3 Å². The van der Waals surface area contributed by atoms with Gasteiger partial charge >= 0.3 is 0 Å². The van der Waals surface area contributed by atoms with Crippen LogP contribution in [0.25, 0.3) is 0 Å². The number of fused-ring (bicyclic) bond motifs is 1. The van der Waals surface area contributed by atoms with Crippen molar-refractivity contribution in [1.82, 2.24) is 9.88 Å². The fraction of sp³-hybridized carbons (Fsp3) is 0.222. The van der Waals surface area contributed by atoms with E-state index in [4.69, 9.17) is 0 Å². The molecule has 1 atom stereocenters. The summed E-state index contributed by atoms with van der Waals surface area (Å²) in [5, 5.41) is 2.74. The SMILES string of the molecule is CC(C)[C@H](C(=O)Nc1ccncc1)N1C(=O)c2ccccc2C1=O. The molecule has 0 saturated carbocycles. The predicted octanol–water partition coefficient (Wildman–Crippen LogP) is 2.34. The second-order valence-corrected chi connectivity index (χ2v) is 5.94. The van der Waals surface area contributed by atoms with E-state index in [0.29, 0.717) is 16.8 Å². The average molecular weight is 323 g/mol. The quantitative estimate of drug-likeness (QED) is 0.876. The molecule has 1 aromatic heterocycles. The van der Waals surface area contributed by atoms with E-state index in [9.17, 15) is 14.4 Å². The molecular formula is C18H17N3O3. The zero-order valence-corrected chi connectivity index (χ0v) is 13.4. The van der Waals surface area contributed by atoms with Crippen LogP contribution in [0.5, 0.6) is 0 Å². The molecule has 3 rings (SSSR count). The molecule has 1 aromatic carbocycles. The Bertz CT molecular complexity index is 767. The third-order valence-corrected chi connectivity index (χ3v) is 3.95. The van der Waals surface area contributed by atoms with Crippen LogP contribution in [0.4, 0.5) is 5.69 Å². The van der Waals surface area contributed by atoms with E-state index in [1.165, 1.54) is 0 Å². The number of hydrogen-bond acceptors (Lipinski definition) is 4. The number of aromatic nitrogens is 1. The first-order valence-electron chi connectivity index (χ1n) is 7.68. The molecule has 0 saturated heterocycles. The van der Waals surface area contributed by atoms with Crippen molar-refractivity contribution < 1.29 is 14.4 Å². The third-order valence-electron chi connectivity index (χ3n) is 3.95. The molecule has 1 aliphatic heterocycles. The van der Waals surface area contributed by atoms with Gasteiger partial charge in [-0.15, -0.1) is 0 Å². The number of nitrogens with one attached hydrogen (secondary N) is 1. The van der Waals surface area contributed by atoms with Crippen molar-refractivity contribution in [3.8, 4) is 0 Å². The number of pyridine rings is 1. The number of amides is 3. The molecule has 0 aliphatic carbocycles. The predicted molar refractivity (Wildman–Crippen MR) is 88.4 cm³/mol. The zero-order chi connectivity index (χ0) is 17.3. The Morgan fingerprint density at radius 1 is 1.00 bits per heavy atom. The molecule has 0 fully saturated rings. The fourth-order valence-electron chi connectivity index (χ4n) is 2.83. The highest BCUT2D eigenvalue weighted by molar-refractivity contribution is 6.23. The maximum atomic E-state index is 12.7. The Hall–Kier alpha value is -3.02. The van der Waals surface area contributed by atoms with Crippen molar-refractivity contribution in [3.63, 3.8) is 0 Å². The molecule has 3 amide bonds. The van der Waals surface area contributed by atoms with Crippen LogP contribution in [-0.2, 0) is 4.79 Å². The molecule has 1 N–H and O–H groups in total. The van der Waals surface area contributed by atoms with Gasteiger partial charge in [0.2, 0.25) is 5.91 Å². The molecule has 122 valence electrons. The van der Waals surface area contributed by atoms with Crippen molar-refractivity contribution in [2.45, 2.75) is 19.9 Å². The summed E-state index contributed by atoms with van der Waals surface area (Å²) in [6.45, 7) is 3.61. The van der Waals surface area contributed by atoms with E-state index >= 15 is 0 Å². The molecule has 0 spiro atoms. The van der Waals surface area contributed by atoms with Crippen LogP contribution in [-0.4, -0.2) is 33.6 Å². The Labute approximate surface area is 139 Å². The maximum Gasteiger partial charge on any atom is 0.262 e. The first-order valence-corrected chi connectivity index (χ1v) is 7.68. The first kappa shape index (κ1) is 15.9. The highest BCUT2D eigenvalue weighted by Crippen LogP contribution is 2.27. The molecule has 1 aliphatic rings. The summed E-state index contributed by atoms with van der Waals surface area (Å²) < 4.78 is 0. The number of carbonyl (C=O) groups excluding carboxylic acids is 3. The number of benzene rings is 1. The van der Waals surface area contributed by atoms with Gasteiger partial charge < -0.3 is 5.32 Å². The lowest BCUT2D eigenvalue weighted by Crippen LogP contribution is -2.50. The summed E-state index contributed by atoms with van der Waals surface area (Å²) in [4.78, 5) is 42.9. The van der Waals surface area contributed by atoms with Crippen LogP contribution in [0.2, 0.25) is 0 Å². The minimum Gasteiger partial charge on any atom is -0.324 e. The van der Waals surface area contributed by atoms with Gasteiger partial charge in [-0.25, -0.2) is 0 Å². The van der Waals surface area contributed by atoms with Crippen LogP contribution in [0.15, 0.2) is 48.8 Å². The Morgan fingerprint density at radius 2 is 1.54 bits per heavy atom. The van der Waals surface area contributed by atoms with Gasteiger partial charge in [0.05, 0.1) is 11.1 Å². The normalized spacial score (nSPS) is 14.7. The second kappa shape index (κ2) is 6.23. The smallest absolute Gasteiger partial charge is 0.262 e. The largest absolute Gasteiger partial charge is 0.324 e. The van der Waals surface area contributed by atoms with Gasteiger partial charge in [-0.05, 0) is 30.2 Å². The highest BCUT2D eigenvalue weighted by Gasteiger charge is 2.43. The van der Waals surface area contributed by atoms with Crippen molar-refractivity contribution >= 4 is 23.4 Å². The lowest BCUT2D eigenvalue weighted by Gasteiger charge is -2.28. The zero-order valence-electron chi connectivity index (χ0n) is 13.4. The van der Waals surface area contributed by atoms with Crippen LogP contribution >= 0.6 is 0 Å². The van der Waals surface area contributed by atoms with E-state index < -0.39 is 23.8 Å². The van der Waals surface area contributed by atoms with Gasteiger partial charge in [0.1, 0.15) is 6.04 Å². The van der Waals surface area contributed by atoms with Crippen LogP contribution in [0, 0.1) is 5.92 Å². The number of imide groups is 1. The van der Waals surface area contributed by atoms with E-state index in [1.54, 1.807) is 62.6 Å². The van der Waals surface area contributed by atoms with Gasteiger partial charge in [0, 0.05) is 18.1 Å². The first-order chi connectivity index (χ1) is 11.5. The average Bonchev–Trinajstić information content (AvgIpc) is 2.81. The molecule has 6 nitrogen and oxygen atoms in total. The van der Waals surface area contributed by atoms with Crippen molar-refractivity contribution in [2.24, 2.45) is 5.92 Å². The summed E-state index contributed by atoms with van der Waals surface area (Å²) in [6.07, 6.45) is 3.12. The molecule has 2 heterocycles.